The van der Waals surface area contributed by atoms with E-state index in [-0.39, 0.29) is 5.91 Å². The number of fused-ring (bicyclic) bond motifs is 1. The second-order valence-electron chi connectivity index (χ2n) is 6.47. The highest BCUT2D eigenvalue weighted by atomic mass is 32.1. The normalized spacial score (nSPS) is 10.1. The third kappa shape index (κ3) is 5.37. The topological polar surface area (TPSA) is 85.4 Å². The number of aryl methyl sites for hydroxylation is 2. The number of thiophene rings is 1. The van der Waals surface area contributed by atoms with E-state index in [1.54, 1.807) is 29.7 Å². The number of anilines is 1. The van der Waals surface area contributed by atoms with Gasteiger partial charge in [-0.25, -0.2) is 4.98 Å². The van der Waals surface area contributed by atoms with Crippen LogP contribution in [0.5, 0.6) is 11.5 Å². The molecule has 4 aromatic rings. The summed E-state index contributed by atoms with van der Waals surface area (Å²) in [6.45, 7) is 3.99. The summed E-state index contributed by atoms with van der Waals surface area (Å²) in [5, 5.41) is 5.81. The van der Waals surface area contributed by atoms with Gasteiger partial charge in [0, 0.05) is 11.8 Å². The number of aromatic nitrogens is 1. The molecule has 6 nitrogen and oxygen atoms in total. The molecule has 0 aliphatic carbocycles. The zero-order valence-corrected chi connectivity index (χ0v) is 17.9. The SMILES string of the molecule is Cc1ccc(Oc2cc(C(=O)Nc3ccc(C)cn3)cc3ccsc23)cc1.O=S=O. The van der Waals surface area contributed by atoms with E-state index < -0.39 is 11.6 Å². The van der Waals surface area contributed by atoms with Crippen molar-refractivity contribution in [3.8, 4) is 11.5 Å². The molecule has 8 heteroatoms. The predicted molar refractivity (Wildman–Crippen MR) is 119 cm³/mol. The molecule has 4 rings (SSSR count). The minimum absolute atomic E-state index is 0.215. The maximum Gasteiger partial charge on any atom is 0.335 e. The lowest BCUT2D eigenvalue weighted by atomic mass is 10.1. The molecule has 0 fully saturated rings. The number of amides is 1. The van der Waals surface area contributed by atoms with Crippen LogP contribution in [0.15, 0.2) is 66.2 Å². The van der Waals surface area contributed by atoms with Crippen LogP contribution in [0, 0.1) is 13.8 Å². The third-order valence-corrected chi connectivity index (χ3v) is 5.13. The van der Waals surface area contributed by atoms with Crippen LogP contribution >= 0.6 is 11.3 Å². The second kappa shape index (κ2) is 9.91. The van der Waals surface area contributed by atoms with E-state index >= 15 is 0 Å². The van der Waals surface area contributed by atoms with Crippen molar-refractivity contribution in [1.82, 2.24) is 4.98 Å². The number of ether oxygens (including phenoxy) is 1. The summed E-state index contributed by atoms with van der Waals surface area (Å²) in [4.78, 5) is 16.9. The molecular weight excluding hydrogens is 420 g/mol. The number of carbonyl (C=O) groups excluding carboxylic acids is 1. The first kappa shape index (κ1) is 21.4. The van der Waals surface area contributed by atoms with Gasteiger partial charge in [0.2, 0.25) is 0 Å². The van der Waals surface area contributed by atoms with Crippen molar-refractivity contribution >= 4 is 44.7 Å². The summed E-state index contributed by atoms with van der Waals surface area (Å²) >= 11 is 0.843. The second-order valence-corrected chi connectivity index (χ2v) is 7.52. The number of nitrogens with zero attached hydrogens (tertiary/aromatic N) is 1. The van der Waals surface area contributed by atoms with Gasteiger partial charge in [-0.1, -0.05) is 23.8 Å². The van der Waals surface area contributed by atoms with Crippen molar-refractivity contribution in [3.63, 3.8) is 0 Å². The molecular formula is C22H18N2O4S2. The summed E-state index contributed by atoms with van der Waals surface area (Å²) in [6, 6.07) is 17.2. The number of hydrogen-bond donors (Lipinski definition) is 1. The molecule has 0 aliphatic heterocycles. The Bertz CT molecular complexity index is 1200. The first-order valence-electron chi connectivity index (χ1n) is 8.91. The molecule has 2 heterocycles. The molecule has 0 radical (unpaired) electrons. The van der Waals surface area contributed by atoms with Crippen molar-refractivity contribution in [1.29, 1.82) is 0 Å². The van der Waals surface area contributed by atoms with Crippen LogP contribution in [-0.4, -0.2) is 19.3 Å². The zero-order chi connectivity index (χ0) is 21.5. The number of hydrogen-bond acceptors (Lipinski definition) is 6. The average Bonchev–Trinajstić information content (AvgIpc) is 3.21. The maximum absolute atomic E-state index is 12.7. The van der Waals surface area contributed by atoms with Crippen molar-refractivity contribution in [3.05, 3.63) is 82.9 Å². The lowest BCUT2D eigenvalue weighted by Crippen LogP contribution is -2.13. The van der Waals surface area contributed by atoms with Gasteiger partial charge in [0.15, 0.2) is 0 Å². The molecule has 0 unspecified atom stereocenters. The maximum atomic E-state index is 12.7. The Morgan fingerprint density at radius 2 is 1.70 bits per heavy atom. The van der Waals surface area contributed by atoms with Crippen LogP contribution < -0.4 is 10.1 Å². The molecule has 1 amide bonds. The van der Waals surface area contributed by atoms with Gasteiger partial charge in [-0.05, 0) is 66.6 Å². The van der Waals surface area contributed by atoms with Crippen LogP contribution in [0.25, 0.3) is 10.1 Å². The highest BCUT2D eigenvalue weighted by Crippen LogP contribution is 2.35. The van der Waals surface area contributed by atoms with E-state index in [0.717, 1.165) is 21.4 Å². The number of benzene rings is 2. The summed E-state index contributed by atoms with van der Waals surface area (Å²) in [5.41, 5.74) is 2.74. The fourth-order valence-electron chi connectivity index (χ4n) is 2.72. The van der Waals surface area contributed by atoms with E-state index in [0.29, 0.717) is 17.1 Å². The standard InChI is InChI=1S/C22H18N2O2S.O2S/c1-14-3-6-18(7-4-14)26-19-12-17(11-16-9-10-27-21(16)19)22(25)24-20-8-5-15(2)13-23-20;1-3-2/h3-13H,1-2H3,(H,23,24,25);. The van der Waals surface area contributed by atoms with Crippen LogP contribution in [0.4, 0.5) is 5.82 Å². The lowest BCUT2D eigenvalue weighted by molar-refractivity contribution is 0.102. The predicted octanol–water partition coefficient (Wildman–Crippen LogP) is 5.29. The van der Waals surface area contributed by atoms with Gasteiger partial charge in [0.05, 0.1) is 4.70 Å². The molecule has 0 atom stereocenters. The van der Waals surface area contributed by atoms with E-state index in [2.05, 4.69) is 10.3 Å². The van der Waals surface area contributed by atoms with Crippen molar-refractivity contribution in [2.75, 3.05) is 5.32 Å². The summed E-state index contributed by atoms with van der Waals surface area (Å²) in [5.74, 6) is 1.73. The Labute approximate surface area is 181 Å². The van der Waals surface area contributed by atoms with Gasteiger partial charge in [0.25, 0.3) is 5.91 Å². The molecule has 30 heavy (non-hydrogen) atoms. The van der Waals surface area contributed by atoms with Gasteiger partial charge >= 0.3 is 11.6 Å². The molecule has 152 valence electrons. The van der Waals surface area contributed by atoms with E-state index in [9.17, 15) is 4.79 Å². The first-order chi connectivity index (χ1) is 14.5. The number of rotatable bonds is 4. The third-order valence-electron chi connectivity index (χ3n) is 4.18. The summed E-state index contributed by atoms with van der Waals surface area (Å²) in [7, 11) is 0. The van der Waals surface area contributed by atoms with Crippen molar-refractivity contribution < 1.29 is 17.9 Å². The molecule has 1 N–H and O–H groups in total. The Morgan fingerprint density at radius 1 is 1.00 bits per heavy atom. The first-order valence-corrected chi connectivity index (χ1v) is 10.5. The average molecular weight is 439 g/mol. The molecule has 2 aromatic heterocycles. The number of nitrogens with one attached hydrogen (secondary N) is 1. The van der Waals surface area contributed by atoms with E-state index in [1.165, 1.54) is 5.56 Å². The zero-order valence-electron chi connectivity index (χ0n) is 16.2. The summed E-state index contributed by atoms with van der Waals surface area (Å²) in [6.07, 6.45) is 1.73. The quantitative estimate of drug-likeness (QED) is 0.468. The smallest absolute Gasteiger partial charge is 0.335 e. The van der Waals surface area contributed by atoms with Crippen LogP contribution in [0.2, 0.25) is 0 Å². The van der Waals surface area contributed by atoms with Crippen LogP contribution in [0.1, 0.15) is 21.5 Å². The fourth-order valence-corrected chi connectivity index (χ4v) is 3.55. The molecule has 0 saturated carbocycles. The van der Waals surface area contributed by atoms with Crippen LogP contribution in [-0.2, 0) is 11.6 Å². The lowest BCUT2D eigenvalue weighted by Gasteiger charge is -2.10. The van der Waals surface area contributed by atoms with Crippen molar-refractivity contribution in [2.24, 2.45) is 0 Å². The molecule has 0 bridgehead atoms. The molecule has 0 saturated heterocycles. The summed E-state index contributed by atoms with van der Waals surface area (Å²) < 4.78 is 23.7. The largest absolute Gasteiger partial charge is 0.456 e. The highest BCUT2D eigenvalue weighted by Gasteiger charge is 2.13. The molecule has 0 aliphatic rings. The monoisotopic (exact) mass is 438 g/mol. The van der Waals surface area contributed by atoms with Gasteiger partial charge in [0.1, 0.15) is 17.3 Å². The minimum atomic E-state index is -0.750. The van der Waals surface area contributed by atoms with Gasteiger partial charge in [-0.2, -0.15) is 8.42 Å². The van der Waals surface area contributed by atoms with Crippen LogP contribution in [0.3, 0.4) is 0 Å². The van der Waals surface area contributed by atoms with E-state index in [1.807, 2.05) is 61.7 Å². The fraction of sp³-hybridized carbons (Fsp3) is 0.0909. The van der Waals surface area contributed by atoms with Gasteiger partial charge in [-0.15, -0.1) is 11.3 Å². The number of pyridine rings is 1. The molecule has 0 spiro atoms. The Hall–Kier alpha value is -3.36. The Balaban J connectivity index is 0.000000806. The molecule has 2 aromatic carbocycles. The van der Waals surface area contributed by atoms with Crippen molar-refractivity contribution in [2.45, 2.75) is 13.8 Å². The van der Waals surface area contributed by atoms with E-state index in [4.69, 9.17) is 13.2 Å². The Morgan fingerprint density at radius 3 is 2.37 bits per heavy atom. The van der Waals surface area contributed by atoms with Gasteiger partial charge in [-0.3, -0.25) is 4.79 Å². The highest BCUT2D eigenvalue weighted by molar-refractivity contribution is 7.51. The Kier molecular flexibility index (Phi) is 7.05. The van der Waals surface area contributed by atoms with Gasteiger partial charge < -0.3 is 10.1 Å². The minimum Gasteiger partial charge on any atom is -0.456 e. The number of carbonyl (C=O) groups is 1.